The summed E-state index contributed by atoms with van der Waals surface area (Å²) in [5.74, 6) is 0.0405. The summed E-state index contributed by atoms with van der Waals surface area (Å²) in [5, 5.41) is 3.84. The van der Waals surface area contributed by atoms with Gasteiger partial charge in [-0.25, -0.2) is 0 Å². The largest absolute Gasteiger partial charge is 0.343 e. The molecule has 0 atom stereocenters. The molecule has 0 spiro atoms. The minimum Gasteiger partial charge on any atom is -0.343 e. The van der Waals surface area contributed by atoms with Crippen molar-refractivity contribution in [3.05, 3.63) is 28.2 Å². The van der Waals surface area contributed by atoms with Gasteiger partial charge in [0, 0.05) is 30.5 Å². The van der Waals surface area contributed by atoms with Gasteiger partial charge in [-0.15, -0.1) is 0 Å². The SMILES string of the molecule is CCCCC(=O)N1CCC(C(=O)Nc2cc(Cl)ccc2Cl)CC1. The van der Waals surface area contributed by atoms with E-state index in [0.717, 1.165) is 12.8 Å². The second kappa shape index (κ2) is 8.55. The van der Waals surface area contributed by atoms with Crippen LogP contribution in [0.1, 0.15) is 39.0 Å². The Balaban J connectivity index is 1.86. The Labute approximate surface area is 147 Å². The van der Waals surface area contributed by atoms with Gasteiger partial charge < -0.3 is 10.2 Å². The van der Waals surface area contributed by atoms with Gasteiger partial charge in [0.25, 0.3) is 0 Å². The number of unbranched alkanes of at least 4 members (excludes halogenated alkanes) is 1. The Morgan fingerprint density at radius 2 is 1.96 bits per heavy atom. The minimum absolute atomic E-state index is 0.0603. The molecule has 0 bridgehead atoms. The van der Waals surface area contributed by atoms with Gasteiger partial charge in [0.05, 0.1) is 10.7 Å². The van der Waals surface area contributed by atoms with Crippen molar-refractivity contribution in [1.82, 2.24) is 4.90 Å². The highest BCUT2D eigenvalue weighted by Gasteiger charge is 2.27. The molecule has 1 aliphatic rings. The van der Waals surface area contributed by atoms with Crippen LogP contribution in [0.15, 0.2) is 18.2 Å². The summed E-state index contributed by atoms with van der Waals surface area (Å²) in [7, 11) is 0. The first-order valence-electron chi connectivity index (χ1n) is 8.05. The molecular weight excluding hydrogens is 335 g/mol. The third-order valence-electron chi connectivity index (χ3n) is 4.15. The normalized spacial score (nSPS) is 15.5. The number of hydrogen-bond donors (Lipinski definition) is 1. The number of nitrogens with one attached hydrogen (secondary N) is 1. The lowest BCUT2D eigenvalue weighted by molar-refractivity contribution is -0.134. The zero-order chi connectivity index (χ0) is 16.8. The maximum absolute atomic E-state index is 12.4. The molecule has 1 fully saturated rings. The number of carbonyl (C=O) groups is 2. The zero-order valence-corrected chi connectivity index (χ0v) is 14.8. The second-order valence-electron chi connectivity index (χ2n) is 5.87. The molecule has 1 aliphatic heterocycles. The van der Waals surface area contributed by atoms with Crippen LogP contribution < -0.4 is 5.32 Å². The van der Waals surface area contributed by atoms with Gasteiger partial charge in [0.1, 0.15) is 0 Å². The van der Waals surface area contributed by atoms with Crippen LogP contribution in [0.2, 0.25) is 10.0 Å². The lowest BCUT2D eigenvalue weighted by Gasteiger charge is -2.31. The first-order chi connectivity index (χ1) is 11.0. The zero-order valence-electron chi connectivity index (χ0n) is 13.3. The molecule has 0 aromatic heterocycles. The highest BCUT2D eigenvalue weighted by atomic mass is 35.5. The van der Waals surface area contributed by atoms with Crippen molar-refractivity contribution in [3.63, 3.8) is 0 Å². The Bertz CT molecular complexity index is 570. The molecule has 2 amide bonds. The molecule has 126 valence electrons. The molecule has 2 rings (SSSR count). The van der Waals surface area contributed by atoms with E-state index in [-0.39, 0.29) is 17.7 Å². The lowest BCUT2D eigenvalue weighted by Crippen LogP contribution is -2.41. The molecule has 0 radical (unpaired) electrons. The Morgan fingerprint density at radius 3 is 2.61 bits per heavy atom. The molecule has 1 aromatic carbocycles. The third-order valence-corrected chi connectivity index (χ3v) is 4.71. The maximum Gasteiger partial charge on any atom is 0.227 e. The fraction of sp³-hybridized carbons (Fsp3) is 0.529. The van der Waals surface area contributed by atoms with Crippen molar-refractivity contribution in [2.75, 3.05) is 18.4 Å². The van der Waals surface area contributed by atoms with Crippen LogP contribution in [0.25, 0.3) is 0 Å². The average molecular weight is 357 g/mol. The van der Waals surface area contributed by atoms with Crippen molar-refractivity contribution in [2.24, 2.45) is 5.92 Å². The fourth-order valence-electron chi connectivity index (χ4n) is 2.71. The molecular formula is C17H22Cl2N2O2. The van der Waals surface area contributed by atoms with Gasteiger partial charge >= 0.3 is 0 Å². The van der Waals surface area contributed by atoms with Crippen molar-refractivity contribution in [2.45, 2.75) is 39.0 Å². The lowest BCUT2D eigenvalue weighted by atomic mass is 9.95. The number of piperidine rings is 1. The monoisotopic (exact) mass is 356 g/mol. The summed E-state index contributed by atoms with van der Waals surface area (Å²) in [6.07, 6.45) is 3.91. The summed E-state index contributed by atoms with van der Waals surface area (Å²) < 4.78 is 0. The van der Waals surface area contributed by atoms with E-state index in [1.807, 2.05) is 4.90 Å². The summed E-state index contributed by atoms with van der Waals surface area (Å²) in [5.41, 5.74) is 0.533. The van der Waals surface area contributed by atoms with E-state index in [4.69, 9.17) is 23.2 Å². The number of anilines is 1. The molecule has 0 saturated carbocycles. The Morgan fingerprint density at radius 1 is 1.26 bits per heavy atom. The van der Waals surface area contributed by atoms with Gasteiger partial charge in [0.2, 0.25) is 11.8 Å². The first kappa shape index (κ1) is 18.1. The summed E-state index contributed by atoms with van der Waals surface area (Å²) in [4.78, 5) is 26.2. The van der Waals surface area contributed by atoms with Gasteiger partial charge in [-0.1, -0.05) is 36.5 Å². The van der Waals surface area contributed by atoms with Crippen LogP contribution in [-0.4, -0.2) is 29.8 Å². The van der Waals surface area contributed by atoms with E-state index in [1.54, 1.807) is 18.2 Å². The predicted molar refractivity (Wildman–Crippen MR) is 93.9 cm³/mol. The van der Waals surface area contributed by atoms with E-state index >= 15 is 0 Å². The molecule has 1 saturated heterocycles. The fourth-order valence-corrected chi connectivity index (χ4v) is 3.04. The maximum atomic E-state index is 12.4. The predicted octanol–water partition coefficient (Wildman–Crippen LogP) is 4.36. The standard InChI is InChI=1S/C17H22Cl2N2O2/c1-2-3-4-16(22)21-9-7-12(8-10-21)17(23)20-15-11-13(18)5-6-14(15)19/h5-6,11-12H,2-4,7-10H2,1H3,(H,20,23). The number of amides is 2. The smallest absolute Gasteiger partial charge is 0.227 e. The van der Waals surface area contributed by atoms with Crippen LogP contribution in [0.4, 0.5) is 5.69 Å². The molecule has 23 heavy (non-hydrogen) atoms. The van der Waals surface area contributed by atoms with Crippen molar-refractivity contribution < 1.29 is 9.59 Å². The number of nitrogens with zero attached hydrogens (tertiary/aromatic N) is 1. The molecule has 1 heterocycles. The van der Waals surface area contributed by atoms with Crippen LogP contribution in [0.3, 0.4) is 0 Å². The van der Waals surface area contributed by atoms with Crippen molar-refractivity contribution >= 4 is 40.7 Å². The van der Waals surface area contributed by atoms with E-state index in [2.05, 4.69) is 12.2 Å². The summed E-state index contributed by atoms with van der Waals surface area (Å²) >= 11 is 12.0. The first-order valence-corrected chi connectivity index (χ1v) is 8.80. The summed E-state index contributed by atoms with van der Waals surface area (Å²) in [6.45, 7) is 3.36. The number of benzene rings is 1. The van der Waals surface area contributed by atoms with Crippen LogP contribution in [-0.2, 0) is 9.59 Å². The van der Waals surface area contributed by atoms with Crippen LogP contribution in [0.5, 0.6) is 0 Å². The van der Waals surface area contributed by atoms with Gasteiger partial charge in [0.15, 0.2) is 0 Å². The number of carbonyl (C=O) groups excluding carboxylic acids is 2. The second-order valence-corrected chi connectivity index (χ2v) is 6.72. The molecule has 1 N–H and O–H groups in total. The summed E-state index contributed by atoms with van der Waals surface area (Å²) in [6, 6.07) is 4.99. The Hall–Kier alpha value is -1.26. The van der Waals surface area contributed by atoms with Crippen LogP contribution >= 0.6 is 23.2 Å². The molecule has 0 unspecified atom stereocenters. The molecule has 1 aromatic rings. The Kier molecular flexibility index (Phi) is 6.72. The highest BCUT2D eigenvalue weighted by Crippen LogP contribution is 2.27. The van der Waals surface area contributed by atoms with E-state index in [0.29, 0.717) is 48.1 Å². The van der Waals surface area contributed by atoms with Crippen molar-refractivity contribution in [3.8, 4) is 0 Å². The number of hydrogen-bond acceptors (Lipinski definition) is 2. The van der Waals surface area contributed by atoms with E-state index < -0.39 is 0 Å². The van der Waals surface area contributed by atoms with E-state index in [9.17, 15) is 9.59 Å². The van der Waals surface area contributed by atoms with Gasteiger partial charge in [-0.3, -0.25) is 9.59 Å². The number of likely N-dealkylation sites (tertiary alicyclic amines) is 1. The topological polar surface area (TPSA) is 49.4 Å². The highest BCUT2D eigenvalue weighted by molar-refractivity contribution is 6.35. The van der Waals surface area contributed by atoms with E-state index in [1.165, 1.54) is 0 Å². The quantitative estimate of drug-likeness (QED) is 0.851. The average Bonchev–Trinajstić information content (AvgIpc) is 2.56. The molecule has 6 heteroatoms. The minimum atomic E-state index is -0.0970. The molecule has 4 nitrogen and oxygen atoms in total. The molecule has 0 aliphatic carbocycles. The number of rotatable bonds is 5. The number of halogens is 2. The van der Waals surface area contributed by atoms with Gasteiger partial charge in [-0.2, -0.15) is 0 Å². The van der Waals surface area contributed by atoms with Crippen LogP contribution in [0, 0.1) is 5.92 Å². The van der Waals surface area contributed by atoms with Gasteiger partial charge in [-0.05, 0) is 37.5 Å². The third kappa shape index (κ3) is 5.11. The van der Waals surface area contributed by atoms with Crippen molar-refractivity contribution in [1.29, 1.82) is 0 Å².